The van der Waals surface area contributed by atoms with Gasteiger partial charge in [-0.05, 0) is 98.0 Å². The number of hydrogen-bond acceptors (Lipinski definition) is 8. The molecule has 4 aromatic carbocycles. The Hall–Kier alpha value is -5.94. The molecule has 4 amide bonds. The summed E-state index contributed by atoms with van der Waals surface area (Å²) in [4.78, 5) is 60.1. The van der Waals surface area contributed by atoms with E-state index in [9.17, 15) is 28.7 Å². The average Bonchev–Trinajstić information content (AvgIpc) is 3.57. The fraction of sp³-hybridized carbons (Fsp3) is 0.273. The number of halogens is 2. The van der Waals surface area contributed by atoms with E-state index in [1.807, 2.05) is 48.6 Å². The maximum absolute atomic E-state index is 14.7. The molecule has 8 rings (SSSR count). The lowest BCUT2D eigenvalue weighted by atomic mass is 9.51. The van der Waals surface area contributed by atoms with Crippen LogP contribution in [0.15, 0.2) is 90.5 Å². The minimum Gasteiger partial charge on any atom is -0.508 e. The summed E-state index contributed by atoms with van der Waals surface area (Å²) in [6.45, 7) is 1.70. The van der Waals surface area contributed by atoms with E-state index in [1.54, 1.807) is 45.4 Å². The predicted octanol–water partition coefficient (Wildman–Crippen LogP) is 7.82. The molecule has 2 aliphatic heterocycles. The largest absolute Gasteiger partial charge is 0.508 e. The summed E-state index contributed by atoms with van der Waals surface area (Å²) in [5, 5.41) is 11.1. The number of nitrogens with zero attached hydrogens (tertiary/aromatic N) is 2. The van der Waals surface area contributed by atoms with E-state index in [0.717, 1.165) is 22.1 Å². The van der Waals surface area contributed by atoms with Gasteiger partial charge in [-0.2, -0.15) is 0 Å². The number of imide groups is 2. The molecule has 6 atom stereocenters. The average molecular weight is 777 g/mol. The Kier molecular flexibility index (Phi) is 9.23. The van der Waals surface area contributed by atoms with Gasteiger partial charge in [-0.25, -0.2) is 9.29 Å². The van der Waals surface area contributed by atoms with Crippen molar-refractivity contribution in [3.05, 3.63) is 118 Å². The third kappa shape index (κ3) is 5.67. The van der Waals surface area contributed by atoms with Crippen molar-refractivity contribution in [3.8, 4) is 23.0 Å². The second kappa shape index (κ2) is 14.0. The van der Waals surface area contributed by atoms with Gasteiger partial charge in [-0.15, -0.1) is 0 Å². The predicted molar refractivity (Wildman–Crippen MR) is 208 cm³/mol. The van der Waals surface area contributed by atoms with Gasteiger partial charge in [0.25, 0.3) is 0 Å². The number of amides is 4. The summed E-state index contributed by atoms with van der Waals surface area (Å²) in [5.74, 6) is -4.80. The fourth-order valence-corrected chi connectivity index (χ4v) is 9.44. The molecule has 286 valence electrons. The second-order valence-electron chi connectivity index (χ2n) is 14.7. The van der Waals surface area contributed by atoms with Gasteiger partial charge in [0.15, 0.2) is 0 Å². The van der Waals surface area contributed by atoms with Crippen LogP contribution < -0.4 is 24.0 Å². The van der Waals surface area contributed by atoms with Crippen molar-refractivity contribution in [1.82, 2.24) is 0 Å². The maximum Gasteiger partial charge on any atom is 0.241 e. The minimum absolute atomic E-state index is 0.102. The molecular formula is C44H38ClFN2O8. The van der Waals surface area contributed by atoms with Crippen molar-refractivity contribution in [2.45, 2.75) is 25.7 Å². The van der Waals surface area contributed by atoms with Crippen LogP contribution in [0.4, 0.5) is 15.8 Å². The number of anilines is 2. The van der Waals surface area contributed by atoms with Gasteiger partial charge in [-0.1, -0.05) is 47.5 Å². The molecule has 12 heteroatoms. The molecule has 1 N–H and O–H groups in total. The van der Waals surface area contributed by atoms with E-state index in [1.165, 1.54) is 30.2 Å². The number of hydrogen-bond donors (Lipinski definition) is 1. The molecule has 0 radical (unpaired) electrons. The van der Waals surface area contributed by atoms with Crippen molar-refractivity contribution < 1.29 is 42.9 Å². The van der Waals surface area contributed by atoms with Gasteiger partial charge in [0.1, 0.15) is 28.8 Å². The highest BCUT2D eigenvalue weighted by atomic mass is 35.5. The van der Waals surface area contributed by atoms with Gasteiger partial charge in [0.05, 0.1) is 60.9 Å². The number of carbonyl (C=O) groups is 4. The summed E-state index contributed by atoms with van der Waals surface area (Å²) in [7, 11) is 4.66. The first-order valence-corrected chi connectivity index (χ1v) is 18.6. The van der Waals surface area contributed by atoms with E-state index >= 15 is 0 Å². The Labute approximate surface area is 327 Å². The highest BCUT2D eigenvalue weighted by molar-refractivity contribution is 6.32. The van der Waals surface area contributed by atoms with Crippen LogP contribution in [0.1, 0.15) is 42.4 Å². The molecule has 0 spiro atoms. The Morgan fingerprint density at radius 2 is 1.48 bits per heavy atom. The van der Waals surface area contributed by atoms with Crippen LogP contribution in [0.25, 0.3) is 12.2 Å². The van der Waals surface area contributed by atoms with Crippen molar-refractivity contribution in [2.75, 3.05) is 31.1 Å². The number of allylic oxidation sites excluding steroid dienone is 2. The lowest BCUT2D eigenvalue weighted by Crippen LogP contribution is -2.48. The zero-order valence-corrected chi connectivity index (χ0v) is 31.7. The summed E-state index contributed by atoms with van der Waals surface area (Å²) in [6, 6.07) is 20.9. The molecule has 4 aliphatic rings. The first kappa shape index (κ1) is 37.0. The van der Waals surface area contributed by atoms with E-state index < -0.39 is 58.5 Å². The quantitative estimate of drug-likeness (QED) is 0.109. The molecular weight excluding hydrogens is 739 g/mol. The molecule has 4 aromatic rings. The minimum atomic E-state index is -1.43. The van der Waals surface area contributed by atoms with Crippen LogP contribution in [0.2, 0.25) is 5.02 Å². The topological polar surface area (TPSA) is 123 Å². The third-order valence-electron chi connectivity index (χ3n) is 12.0. The Balaban J connectivity index is 1.15. The lowest BCUT2D eigenvalue weighted by molar-refractivity contribution is -0.131. The standard InChI is InChI=1S/C44H38ClFN2O8/c1-44-33(41(51)48(43(44)53)26-11-16-35(46)34(45)20-26)22-31-29(39(44)32-21-28(55-3)12-17-36(32)49)14-15-30-38(31)42(52)47(40(30)50)25-9-6-23(7-10-25)5-8-24-19-27(54-2)13-18-37(24)56-4/h5-14,16-21,30-31,33,38-39,49H,15,22H2,1-4H3/t30-,31+,33-,38-,39+,44+/m0/s1. The summed E-state index contributed by atoms with van der Waals surface area (Å²) in [6.07, 6.45) is 6.01. The number of methoxy groups -OCH3 is 3. The zero-order valence-electron chi connectivity index (χ0n) is 31.0. The zero-order chi connectivity index (χ0) is 39.6. The van der Waals surface area contributed by atoms with Crippen molar-refractivity contribution in [1.29, 1.82) is 0 Å². The number of aromatic hydroxyl groups is 1. The van der Waals surface area contributed by atoms with Crippen LogP contribution in [-0.4, -0.2) is 50.1 Å². The van der Waals surface area contributed by atoms with Gasteiger partial charge in [0.2, 0.25) is 23.6 Å². The summed E-state index contributed by atoms with van der Waals surface area (Å²) in [5.41, 5.74) is 1.79. The number of carbonyl (C=O) groups excluding carboxylic acids is 4. The Morgan fingerprint density at radius 1 is 0.786 bits per heavy atom. The number of phenols is 1. The molecule has 3 fully saturated rings. The molecule has 2 saturated heterocycles. The SMILES string of the molecule is COc1ccc(OC)c(C=Cc2ccc(N3C(=O)[C@H]4[C@H](CC=C5[C@H]4C[C@H]4C(=O)N(c6ccc(F)c(Cl)c6)C(=O)[C@@]4(C)[C@H]5c4cc(OC)ccc4O)C3=O)cc2)c1. The van der Waals surface area contributed by atoms with E-state index in [2.05, 4.69) is 0 Å². The summed E-state index contributed by atoms with van der Waals surface area (Å²) < 4.78 is 30.6. The van der Waals surface area contributed by atoms with Crippen LogP contribution in [-0.2, 0) is 19.2 Å². The molecule has 10 nitrogen and oxygen atoms in total. The monoisotopic (exact) mass is 776 g/mol. The molecule has 0 unspecified atom stereocenters. The van der Waals surface area contributed by atoms with Crippen molar-refractivity contribution in [2.24, 2.45) is 29.1 Å². The highest BCUT2D eigenvalue weighted by Crippen LogP contribution is 2.64. The van der Waals surface area contributed by atoms with E-state index in [4.69, 9.17) is 25.8 Å². The van der Waals surface area contributed by atoms with Crippen molar-refractivity contribution in [3.63, 3.8) is 0 Å². The van der Waals surface area contributed by atoms with Gasteiger partial charge < -0.3 is 19.3 Å². The molecule has 0 bridgehead atoms. The normalized spacial score (nSPS) is 25.6. The van der Waals surface area contributed by atoms with Gasteiger partial charge in [-0.3, -0.25) is 24.1 Å². The number of phenolic OH excluding ortho intramolecular Hbond substituents is 1. The van der Waals surface area contributed by atoms with E-state index in [-0.39, 0.29) is 35.2 Å². The molecule has 1 saturated carbocycles. The van der Waals surface area contributed by atoms with Crippen LogP contribution in [0.3, 0.4) is 0 Å². The molecule has 2 heterocycles. The Morgan fingerprint density at radius 3 is 2.18 bits per heavy atom. The van der Waals surface area contributed by atoms with Crippen LogP contribution in [0, 0.1) is 34.9 Å². The first-order chi connectivity index (χ1) is 26.9. The summed E-state index contributed by atoms with van der Waals surface area (Å²) >= 11 is 6.11. The van der Waals surface area contributed by atoms with Crippen LogP contribution >= 0.6 is 11.6 Å². The molecule has 56 heavy (non-hydrogen) atoms. The molecule has 2 aliphatic carbocycles. The maximum atomic E-state index is 14.7. The smallest absolute Gasteiger partial charge is 0.241 e. The second-order valence-corrected chi connectivity index (χ2v) is 15.1. The number of fused-ring (bicyclic) bond motifs is 4. The fourth-order valence-electron chi connectivity index (χ4n) is 9.27. The van der Waals surface area contributed by atoms with Crippen LogP contribution in [0.5, 0.6) is 23.0 Å². The lowest BCUT2D eigenvalue weighted by Gasteiger charge is -2.49. The molecule has 0 aromatic heterocycles. The number of ether oxygens (including phenoxy) is 3. The Bertz CT molecular complexity index is 2380. The number of benzene rings is 4. The third-order valence-corrected chi connectivity index (χ3v) is 12.3. The van der Waals surface area contributed by atoms with Gasteiger partial charge >= 0.3 is 0 Å². The first-order valence-electron chi connectivity index (χ1n) is 18.2. The highest BCUT2D eigenvalue weighted by Gasteiger charge is 2.68. The number of rotatable bonds is 8. The van der Waals surface area contributed by atoms with E-state index in [0.29, 0.717) is 34.1 Å². The van der Waals surface area contributed by atoms with Crippen molar-refractivity contribution >= 4 is 58.8 Å². The van der Waals surface area contributed by atoms with Gasteiger partial charge in [0, 0.05) is 17.0 Å².